The maximum absolute atomic E-state index is 11.5. The van der Waals surface area contributed by atoms with E-state index in [4.69, 9.17) is 15.4 Å². The normalized spacial score (nSPS) is 23.3. The SMILES string of the molecule is Nc1ccn([C@H]2C=C[C@@H](CO[P+](=O)O)O2)c(=O)n1. The number of rotatable bonds is 4. The topological polar surface area (TPSA) is 117 Å². The second-order valence-electron chi connectivity index (χ2n) is 3.53. The van der Waals surface area contributed by atoms with Crippen molar-refractivity contribution >= 4 is 14.1 Å². The molecule has 2 rings (SSSR count). The zero-order valence-electron chi connectivity index (χ0n) is 9.17. The number of nitrogens with zero attached hydrogens (tertiary/aromatic N) is 2. The maximum Gasteiger partial charge on any atom is 0.694 e. The molecule has 1 aromatic rings. The Hall–Kier alpha value is -1.60. The van der Waals surface area contributed by atoms with E-state index in [0.29, 0.717) is 0 Å². The van der Waals surface area contributed by atoms with Crippen LogP contribution in [0.1, 0.15) is 6.23 Å². The van der Waals surface area contributed by atoms with Crippen LogP contribution >= 0.6 is 8.25 Å². The quantitative estimate of drug-likeness (QED) is 0.582. The highest BCUT2D eigenvalue weighted by Gasteiger charge is 2.25. The van der Waals surface area contributed by atoms with Crippen molar-refractivity contribution in [2.45, 2.75) is 12.3 Å². The molecule has 0 radical (unpaired) electrons. The molecule has 2 heterocycles. The minimum atomic E-state index is -2.66. The molecular formula is C9H11N3O5P+. The Kier molecular flexibility index (Phi) is 3.83. The lowest BCUT2D eigenvalue weighted by atomic mass is 10.4. The first-order chi connectivity index (χ1) is 8.56. The predicted molar refractivity (Wildman–Crippen MR) is 61.7 cm³/mol. The van der Waals surface area contributed by atoms with Crippen molar-refractivity contribution in [1.29, 1.82) is 0 Å². The molecule has 1 unspecified atom stereocenters. The van der Waals surface area contributed by atoms with Crippen LogP contribution in [0.2, 0.25) is 0 Å². The number of hydrogen-bond donors (Lipinski definition) is 2. The molecule has 0 aliphatic carbocycles. The van der Waals surface area contributed by atoms with Gasteiger partial charge in [0.05, 0.1) is 0 Å². The summed E-state index contributed by atoms with van der Waals surface area (Å²) in [6.07, 6.45) is 3.65. The van der Waals surface area contributed by atoms with E-state index in [1.54, 1.807) is 12.2 Å². The number of anilines is 1. The van der Waals surface area contributed by atoms with Crippen molar-refractivity contribution in [2.75, 3.05) is 12.3 Å². The molecule has 1 aliphatic heterocycles. The molecule has 0 bridgehead atoms. The highest BCUT2D eigenvalue weighted by molar-refractivity contribution is 7.32. The molecule has 9 heteroatoms. The van der Waals surface area contributed by atoms with Crippen molar-refractivity contribution in [2.24, 2.45) is 0 Å². The third-order valence-electron chi connectivity index (χ3n) is 2.28. The van der Waals surface area contributed by atoms with E-state index < -0.39 is 26.3 Å². The zero-order chi connectivity index (χ0) is 13.1. The Balaban J connectivity index is 2.03. The van der Waals surface area contributed by atoms with Gasteiger partial charge in [-0.05, 0) is 12.1 Å². The van der Waals surface area contributed by atoms with Crippen LogP contribution in [0.3, 0.4) is 0 Å². The van der Waals surface area contributed by atoms with Crippen molar-refractivity contribution in [3.05, 3.63) is 34.9 Å². The summed E-state index contributed by atoms with van der Waals surface area (Å²) in [6, 6.07) is 1.48. The molecule has 0 spiro atoms. The summed E-state index contributed by atoms with van der Waals surface area (Å²) in [6.45, 7) is -0.0597. The Morgan fingerprint density at radius 2 is 2.39 bits per heavy atom. The monoisotopic (exact) mass is 272 g/mol. The maximum atomic E-state index is 11.5. The molecular weight excluding hydrogens is 261 g/mol. The Labute approximate surface area is 103 Å². The summed E-state index contributed by atoms with van der Waals surface area (Å²) < 4.78 is 21.6. The third-order valence-corrected chi connectivity index (χ3v) is 2.65. The van der Waals surface area contributed by atoms with Gasteiger partial charge < -0.3 is 10.5 Å². The van der Waals surface area contributed by atoms with Gasteiger partial charge in [0.2, 0.25) is 0 Å². The summed E-state index contributed by atoms with van der Waals surface area (Å²) in [7, 11) is -2.66. The van der Waals surface area contributed by atoms with E-state index in [1.165, 1.54) is 16.8 Å². The smallest absolute Gasteiger partial charge is 0.383 e. The molecule has 3 N–H and O–H groups in total. The minimum Gasteiger partial charge on any atom is -0.383 e. The Morgan fingerprint density at radius 3 is 3.06 bits per heavy atom. The number of nitrogen functional groups attached to an aromatic ring is 1. The largest absolute Gasteiger partial charge is 0.694 e. The average Bonchev–Trinajstić information content (AvgIpc) is 2.75. The lowest BCUT2D eigenvalue weighted by Crippen LogP contribution is -2.28. The number of ether oxygens (including phenoxy) is 1. The lowest BCUT2D eigenvalue weighted by Gasteiger charge is -2.14. The predicted octanol–water partition coefficient (Wildman–Crippen LogP) is -0.0546. The molecule has 1 aromatic heterocycles. The van der Waals surface area contributed by atoms with Gasteiger partial charge in [-0.2, -0.15) is 4.98 Å². The van der Waals surface area contributed by atoms with Crippen molar-refractivity contribution in [1.82, 2.24) is 9.55 Å². The van der Waals surface area contributed by atoms with E-state index in [9.17, 15) is 9.36 Å². The van der Waals surface area contributed by atoms with Crippen LogP contribution in [-0.2, 0) is 13.8 Å². The van der Waals surface area contributed by atoms with Crippen molar-refractivity contribution in [3.8, 4) is 0 Å². The highest BCUT2D eigenvalue weighted by Crippen LogP contribution is 2.23. The van der Waals surface area contributed by atoms with Gasteiger partial charge in [0.25, 0.3) is 0 Å². The third kappa shape index (κ3) is 2.99. The van der Waals surface area contributed by atoms with Gasteiger partial charge in [-0.1, -0.05) is 6.08 Å². The summed E-state index contributed by atoms with van der Waals surface area (Å²) in [5, 5.41) is 0. The van der Waals surface area contributed by atoms with E-state index >= 15 is 0 Å². The molecule has 0 amide bonds. The fourth-order valence-corrected chi connectivity index (χ4v) is 1.77. The van der Waals surface area contributed by atoms with Crippen LogP contribution < -0.4 is 11.4 Å². The fraction of sp³-hybridized carbons (Fsp3) is 0.333. The summed E-state index contributed by atoms with van der Waals surface area (Å²) in [5.74, 6) is 0.135. The molecule has 3 atom stereocenters. The fourth-order valence-electron chi connectivity index (χ4n) is 1.50. The molecule has 1 aliphatic rings. The number of aromatic nitrogens is 2. The highest BCUT2D eigenvalue weighted by atomic mass is 31.1. The van der Waals surface area contributed by atoms with Gasteiger partial charge in [-0.15, -0.1) is 9.42 Å². The van der Waals surface area contributed by atoms with Gasteiger partial charge in [0.15, 0.2) is 6.23 Å². The molecule has 18 heavy (non-hydrogen) atoms. The molecule has 0 fully saturated rings. The summed E-state index contributed by atoms with van der Waals surface area (Å²) in [4.78, 5) is 23.6. The van der Waals surface area contributed by atoms with Crippen LogP contribution in [0, 0.1) is 0 Å². The lowest BCUT2D eigenvalue weighted by molar-refractivity contribution is -0.00570. The molecule has 0 saturated carbocycles. The number of hydrogen-bond acceptors (Lipinski definition) is 6. The van der Waals surface area contributed by atoms with Gasteiger partial charge in [0.1, 0.15) is 18.5 Å². The molecule has 0 aromatic carbocycles. The second kappa shape index (κ2) is 5.36. The van der Waals surface area contributed by atoms with Gasteiger partial charge in [0, 0.05) is 10.8 Å². The van der Waals surface area contributed by atoms with Crippen LogP contribution in [0.15, 0.2) is 29.2 Å². The average molecular weight is 272 g/mol. The number of nitrogens with two attached hydrogens (primary N) is 1. The Bertz CT molecular complexity index is 543. The second-order valence-corrected chi connectivity index (χ2v) is 4.26. The first-order valence-electron chi connectivity index (χ1n) is 5.04. The Morgan fingerprint density at radius 1 is 1.61 bits per heavy atom. The molecule has 8 nitrogen and oxygen atoms in total. The van der Waals surface area contributed by atoms with Gasteiger partial charge >= 0.3 is 13.9 Å². The zero-order valence-corrected chi connectivity index (χ0v) is 10.1. The standard InChI is InChI=1S/C9H10N3O5P/c10-7-3-4-12(9(13)11-7)8-2-1-6(17-8)5-16-18(14)15/h1-4,6,8H,5H2,(H2-,10,11,13,14,15)/p+1/t6-,8+/m0/s1. The first-order valence-corrected chi connectivity index (χ1v) is 6.17. The van der Waals surface area contributed by atoms with Crippen molar-refractivity contribution < 1.29 is 18.7 Å². The van der Waals surface area contributed by atoms with E-state index in [0.717, 1.165) is 0 Å². The van der Waals surface area contributed by atoms with Crippen LogP contribution in [0.25, 0.3) is 0 Å². The minimum absolute atomic E-state index is 0.0597. The molecule has 0 saturated heterocycles. The van der Waals surface area contributed by atoms with Gasteiger partial charge in [-0.3, -0.25) is 4.57 Å². The van der Waals surface area contributed by atoms with Crippen molar-refractivity contribution in [3.63, 3.8) is 0 Å². The van der Waals surface area contributed by atoms with E-state index in [2.05, 4.69) is 9.51 Å². The van der Waals surface area contributed by atoms with Crippen LogP contribution in [-0.4, -0.2) is 27.2 Å². The molecule has 96 valence electrons. The van der Waals surface area contributed by atoms with Gasteiger partial charge in [-0.25, -0.2) is 4.79 Å². The summed E-state index contributed by atoms with van der Waals surface area (Å²) in [5.41, 5.74) is 4.84. The first kappa shape index (κ1) is 12.8. The van der Waals surface area contributed by atoms with E-state index in [-0.39, 0.29) is 12.4 Å². The summed E-state index contributed by atoms with van der Waals surface area (Å²) >= 11 is 0. The van der Waals surface area contributed by atoms with Crippen LogP contribution in [0.4, 0.5) is 5.82 Å². The van der Waals surface area contributed by atoms with Crippen LogP contribution in [0.5, 0.6) is 0 Å². The van der Waals surface area contributed by atoms with E-state index in [1.807, 2.05) is 0 Å².